The number of ether oxygens (including phenoxy) is 5. The summed E-state index contributed by atoms with van der Waals surface area (Å²) >= 11 is 12.8. The maximum Gasteiger partial charge on any atom is 0.295 e. The summed E-state index contributed by atoms with van der Waals surface area (Å²) in [6.45, 7) is 0.907. The van der Waals surface area contributed by atoms with Crippen LogP contribution in [0.4, 0.5) is 0 Å². The van der Waals surface area contributed by atoms with Crippen molar-refractivity contribution in [2.45, 2.75) is 12.5 Å². The lowest BCUT2D eigenvalue weighted by Crippen LogP contribution is -2.32. The smallest absolute Gasteiger partial charge is 0.295 e. The number of halogens is 2. The summed E-state index contributed by atoms with van der Waals surface area (Å²) in [6, 6.07) is 3.64. The van der Waals surface area contributed by atoms with Gasteiger partial charge in [0.05, 0.1) is 57.8 Å². The molecule has 0 saturated carbocycles. The number of carbonyl (C=O) groups is 2. The maximum atomic E-state index is 13.5. The molecule has 1 heterocycles. The van der Waals surface area contributed by atoms with Crippen LogP contribution in [0.3, 0.4) is 0 Å². The van der Waals surface area contributed by atoms with E-state index in [1.54, 1.807) is 12.1 Å². The molecule has 212 valence electrons. The summed E-state index contributed by atoms with van der Waals surface area (Å²) < 4.78 is 27.1. The summed E-state index contributed by atoms with van der Waals surface area (Å²) in [7, 11) is 10.9. The Morgan fingerprint density at radius 3 is 1.95 bits per heavy atom. The lowest BCUT2D eigenvalue weighted by molar-refractivity contribution is -0.139. The van der Waals surface area contributed by atoms with E-state index < -0.39 is 23.5 Å². The first kappa shape index (κ1) is 30.2. The predicted molar refractivity (Wildman–Crippen MR) is 148 cm³/mol. The third kappa shape index (κ3) is 5.68. The normalized spacial score (nSPS) is 16.6. The quantitative estimate of drug-likeness (QED) is 0.234. The molecule has 1 unspecified atom stereocenters. The van der Waals surface area contributed by atoms with Crippen LogP contribution in [0.15, 0.2) is 23.8 Å². The van der Waals surface area contributed by atoms with E-state index in [1.807, 2.05) is 19.0 Å². The molecule has 1 atom stereocenters. The van der Waals surface area contributed by atoms with Gasteiger partial charge in [-0.25, -0.2) is 0 Å². The molecule has 1 saturated heterocycles. The molecule has 0 bridgehead atoms. The fourth-order valence-corrected chi connectivity index (χ4v) is 5.25. The van der Waals surface area contributed by atoms with Crippen LogP contribution < -0.4 is 23.7 Å². The van der Waals surface area contributed by atoms with Gasteiger partial charge in [0.2, 0.25) is 5.75 Å². The lowest BCUT2D eigenvalue weighted by atomic mass is 9.94. The van der Waals surface area contributed by atoms with Crippen LogP contribution in [-0.4, -0.2) is 89.3 Å². The summed E-state index contributed by atoms with van der Waals surface area (Å²) in [5.74, 6) is -1.01. The fraction of sp³-hybridized carbons (Fsp3) is 0.407. The number of aliphatic hydroxyl groups is 1. The number of carbonyl (C=O) groups excluding carboxylic acids is 2. The van der Waals surface area contributed by atoms with Crippen LogP contribution in [0.2, 0.25) is 10.0 Å². The van der Waals surface area contributed by atoms with Gasteiger partial charge in [-0.05, 0) is 50.8 Å². The Kier molecular flexibility index (Phi) is 9.82. The average Bonchev–Trinajstić information content (AvgIpc) is 3.16. The zero-order valence-corrected chi connectivity index (χ0v) is 24.4. The largest absolute Gasteiger partial charge is 0.507 e. The van der Waals surface area contributed by atoms with Crippen molar-refractivity contribution < 1.29 is 38.4 Å². The second kappa shape index (κ2) is 12.7. The third-order valence-corrected chi connectivity index (χ3v) is 6.97. The Bertz CT molecular complexity index is 1270. The van der Waals surface area contributed by atoms with Crippen molar-refractivity contribution in [3.8, 4) is 28.7 Å². The molecule has 1 aliphatic rings. The standard InChI is InChI=1S/C27H32Cl2N2O8/c1-30(2)9-8-10-31-21(14-11-17(35-3)26(39-7)18(12-14)36-4)19(23(33)27(31)34)22(32)15-13-16(28)25(38-6)20(29)24(15)37-5/h11-13,21,32H,8-10H2,1-7H3/b22-19+. The van der Waals surface area contributed by atoms with E-state index in [0.717, 1.165) is 0 Å². The molecule has 0 radical (unpaired) electrons. The number of amides is 1. The molecule has 2 aromatic rings. The van der Waals surface area contributed by atoms with E-state index in [1.165, 1.54) is 46.5 Å². The molecule has 39 heavy (non-hydrogen) atoms. The highest BCUT2D eigenvalue weighted by molar-refractivity contribution is 6.47. The molecule has 2 aromatic carbocycles. The topological polar surface area (TPSA) is 107 Å². The first-order valence-electron chi connectivity index (χ1n) is 11.9. The van der Waals surface area contributed by atoms with Crippen LogP contribution in [0.1, 0.15) is 23.6 Å². The number of nitrogens with zero attached hydrogens (tertiary/aromatic N) is 2. The molecule has 0 aliphatic carbocycles. The molecule has 1 aliphatic heterocycles. The first-order valence-corrected chi connectivity index (χ1v) is 12.6. The number of Topliss-reactive ketones (excluding diaryl/α,β-unsaturated/α-hetero) is 1. The van der Waals surface area contributed by atoms with Crippen molar-refractivity contribution in [2.75, 3.05) is 62.7 Å². The van der Waals surface area contributed by atoms with E-state index in [2.05, 4.69) is 0 Å². The van der Waals surface area contributed by atoms with Gasteiger partial charge >= 0.3 is 0 Å². The lowest BCUT2D eigenvalue weighted by Gasteiger charge is -2.27. The molecule has 1 N–H and O–H groups in total. The number of likely N-dealkylation sites (tertiary alicyclic amines) is 1. The van der Waals surface area contributed by atoms with Gasteiger partial charge in [0, 0.05) is 6.54 Å². The van der Waals surface area contributed by atoms with Crippen molar-refractivity contribution >= 4 is 40.7 Å². The van der Waals surface area contributed by atoms with Crippen LogP contribution in [0, 0.1) is 0 Å². The summed E-state index contributed by atoms with van der Waals surface area (Å²) in [4.78, 5) is 30.2. The van der Waals surface area contributed by atoms with Crippen molar-refractivity contribution in [3.05, 3.63) is 44.9 Å². The Balaban J connectivity index is 2.33. The SMILES string of the molecule is COc1cc(C2/C(=C(\O)c3cc(Cl)c(OC)c(Cl)c3OC)C(=O)C(=O)N2CCCN(C)C)cc(OC)c1OC. The predicted octanol–water partition coefficient (Wildman–Crippen LogP) is 4.41. The Morgan fingerprint density at radius 1 is 0.897 bits per heavy atom. The molecule has 0 aromatic heterocycles. The van der Waals surface area contributed by atoms with Gasteiger partial charge in [-0.3, -0.25) is 9.59 Å². The van der Waals surface area contributed by atoms with Gasteiger partial charge in [0.1, 0.15) is 10.8 Å². The highest BCUT2D eigenvalue weighted by atomic mass is 35.5. The van der Waals surface area contributed by atoms with Crippen LogP contribution in [-0.2, 0) is 9.59 Å². The Labute approximate surface area is 237 Å². The second-order valence-corrected chi connectivity index (χ2v) is 9.68. The van der Waals surface area contributed by atoms with Gasteiger partial charge in [0.25, 0.3) is 11.7 Å². The zero-order chi connectivity index (χ0) is 29.0. The molecule has 12 heteroatoms. The van der Waals surface area contributed by atoms with Gasteiger partial charge in [-0.15, -0.1) is 0 Å². The molecular weight excluding hydrogens is 551 g/mol. The van der Waals surface area contributed by atoms with Crippen LogP contribution in [0.5, 0.6) is 28.7 Å². The van der Waals surface area contributed by atoms with E-state index >= 15 is 0 Å². The monoisotopic (exact) mass is 582 g/mol. The molecule has 3 rings (SSSR count). The maximum absolute atomic E-state index is 13.5. The third-order valence-electron chi connectivity index (χ3n) is 6.34. The van der Waals surface area contributed by atoms with Gasteiger partial charge in [-0.1, -0.05) is 23.2 Å². The Morgan fingerprint density at radius 2 is 1.46 bits per heavy atom. The minimum atomic E-state index is -0.995. The number of ketones is 1. The second-order valence-electron chi connectivity index (χ2n) is 8.89. The van der Waals surface area contributed by atoms with Gasteiger partial charge in [0.15, 0.2) is 23.0 Å². The van der Waals surface area contributed by atoms with Gasteiger partial charge in [-0.2, -0.15) is 0 Å². The zero-order valence-electron chi connectivity index (χ0n) is 22.9. The van der Waals surface area contributed by atoms with E-state index in [-0.39, 0.29) is 39.2 Å². The number of rotatable bonds is 11. The van der Waals surface area contributed by atoms with E-state index in [9.17, 15) is 14.7 Å². The number of hydrogen-bond donors (Lipinski definition) is 1. The van der Waals surface area contributed by atoms with Crippen LogP contribution in [0.25, 0.3) is 5.76 Å². The Hall–Kier alpha value is -3.34. The summed E-state index contributed by atoms with van der Waals surface area (Å²) in [6.07, 6.45) is 0.574. The number of aliphatic hydroxyl groups excluding tert-OH is 1. The minimum absolute atomic E-state index is 0.00130. The molecule has 1 amide bonds. The molecular formula is C27H32Cl2N2O8. The van der Waals surface area contributed by atoms with Crippen molar-refractivity contribution in [1.29, 1.82) is 0 Å². The first-order chi connectivity index (χ1) is 18.6. The van der Waals surface area contributed by atoms with Crippen molar-refractivity contribution in [2.24, 2.45) is 0 Å². The molecule has 10 nitrogen and oxygen atoms in total. The summed E-state index contributed by atoms with van der Waals surface area (Å²) in [5.41, 5.74) is 0.312. The highest BCUT2D eigenvalue weighted by Crippen LogP contribution is 2.49. The number of hydrogen-bond acceptors (Lipinski definition) is 9. The highest BCUT2D eigenvalue weighted by Gasteiger charge is 2.47. The van der Waals surface area contributed by atoms with Crippen LogP contribution >= 0.6 is 23.2 Å². The molecule has 1 fully saturated rings. The van der Waals surface area contributed by atoms with Gasteiger partial charge < -0.3 is 38.6 Å². The average molecular weight is 583 g/mol. The number of benzene rings is 2. The van der Waals surface area contributed by atoms with E-state index in [0.29, 0.717) is 35.8 Å². The van der Waals surface area contributed by atoms with E-state index in [4.69, 9.17) is 46.9 Å². The summed E-state index contributed by atoms with van der Waals surface area (Å²) in [5, 5.41) is 11.7. The minimum Gasteiger partial charge on any atom is -0.507 e. The molecule has 0 spiro atoms. The van der Waals surface area contributed by atoms with Crippen molar-refractivity contribution in [1.82, 2.24) is 9.80 Å². The number of methoxy groups -OCH3 is 5. The van der Waals surface area contributed by atoms with Crippen molar-refractivity contribution in [3.63, 3.8) is 0 Å². The fourth-order valence-electron chi connectivity index (χ4n) is 4.57.